The van der Waals surface area contributed by atoms with E-state index in [1.54, 1.807) is 0 Å². The molecule has 0 aliphatic heterocycles. The van der Waals surface area contributed by atoms with Crippen LogP contribution in [0.5, 0.6) is 0 Å². The van der Waals surface area contributed by atoms with E-state index in [2.05, 4.69) is 15.5 Å². The lowest BCUT2D eigenvalue weighted by molar-refractivity contribution is -0.137. The molecule has 0 aliphatic carbocycles. The molecule has 3 rings (SSSR count). The quantitative estimate of drug-likeness (QED) is 0.575. The molecule has 30 heavy (non-hydrogen) atoms. The number of aromatic nitrogens is 2. The summed E-state index contributed by atoms with van der Waals surface area (Å²) < 4.78 is 88.5. The number of amides is 1. The highest BCUT2D eigenvalue weighted by Gasteiger charge is 2.31. The molecule has 1 heterocycles. The minimum atomic E-state index is -4.73. The van der Waals surface area contributed by atoms with Crippen molar-refractivity contribution in [2.75, 3.05) is 5.32 Å². The third-order valence-electron chi connectivity index (χ3n) is 3.68. The highest BCUT2D eigenvalue weighted by atomic mass is 32.2. The largest absolute Gasteiger partial charge is 0.416 e. The van der Waals surface area contributed by atoms with Crippen LogP contribution in [0.4, 0.5) is 27.1 Å². The molecule has 158 valence electrons. The summed E-state index contributed by atoms with van der Waals surface area (Å²) in [5.74, 6) is -3.34. The monoisotopic (exact) mass is 464 g/mol. The molecular formula is C16H9F5N4O3S2. The van der Waals surface area contributed by atoms with Crippen molar-refractivity contribution in [3.8, 4) is 10.6 Å². The highest BCUT2D eigenvalue weighted by Crippen LogP contribution is 2.34. The van der Waals surface area contributed by atoms with Gasteiger partial charge in [0.25, 0.3) is 5.91 Å². The van der Waals surface area contributed by atoms with Crippen molar-refractivity contribution in [1.29, 1.82) is 0 Å². The molecule has 2 aromatic carbocycles. The first kappa shape index (κ1) is 21.7. The maximum absolute atomic E-state index is 14.0. The summed E-state index contributed by atoms with van der Waals surface area (Å²) in [7, 11) is -4.19. The summed E-state index contributed by atoms with van der Waals surface area (Å²) in [5.41, 5.74) is -2.13. The van der Waals surface area contributed by atoms with Gasteiger partial charge in [-0.05, 0) is 36.4 Å². The Hall–Kier alpha value is -2.97. The van der Waals surface area contributed by atoms with Crippen LogP contribution in [0.15, 0.2) is 41.3 Å². The number of hydrogen-bond acceptors (Lipinski definition) is 6. The van der Waals surface area contributed by atoms with Crippen LogP contribution >= 0.6 is 11.3 Å². The van der Waals surface area contributed by atoms with Gasteiger partial charge < -0.3 is 0 Å². The van der Waals surface area contributed by atoms with Crippen LogP contribution in [0.25, 0.3) is 10.6 Å². The molecule has 0 saturated heterocycles. The normalized spacial score (nSPS) is 12.1. The van der Waals surface area contributed by atoms with Gasteiger partial charge in [-0.2, -0.15) is 13.2 Å². The van der Waals surface area contributed by atoms with Gasteiger partial charge in [-0.3, -0.25) is 10.1 Å². The van der Waals surface area contributed by atoms with Crippen molar-refractivity contribution in [2.24, 2.45) is 5.14 Å². The van der Waals surface area contributed by atoms with Crippen LogP contribution in [-0.4, -0.2) is 24.5 Å². The number of halogens is 5. The van der Waals surface area contributed by atoms with Crippen LogP contribution in [0.1, 0.15) is 15.9 Å². The number of nitrogens with two attached hydrogens (primary N) is 1. The first-order valence-electron chi connectivity index (χ1n) is 7.70. The standard InChI is InChI=1S/C16H9F5N4O3S2/c17-11-4-2-8(30(22,27)28)6-10(11)13(26)23-15-25-24-14(29-15)9-3-1-7(5-12(9)18)16(19,20)21/h1-6H,(H2,22,27,28)(H,23,25,26). The van der Waals surface area contributed by atoms with Crippen LogP contribution in [0.2, 0.25) is 0 Å². The van der Waals surface area contributed by atoms with Gasteiger partial charge in [-0.1, -0.05) is 11.3 Å². The highest BCUT2D eigenvalue weighted by molar-refractivity contribution is 7.89. The van der Waals surface area contributed by atoms with Gasteiger partial charge in [0.15, 0.2) is 5.01 Å². The third-order valence-corrected chi connectivity index (χ3v) is 5.47. The van der Waals surface area contributed by atoms with Crippen molar-refractivity contribution in [1.82, 2.24) is 10.2 Å². The van der Waals surface area contributed by atoms with Gasteiger partial charge >= 0.3 is 6.18 Å². The summed E-state index contributed by atoms with van der Waals surface area (Å²) in [6.07, 6.45) is -4.73. The fraction of sp³-hybridized carbons (Fsp3) is 0.0625. The average molecular weight is 464 g/mol. The van der Waals surface area contributed by atoms with Gasteiger partial charge in [0.05, 0.1) is 16.0 Å². The number of carbonyl (C=O) groups excluding carboxylic acids is 1. The van der Waals surface area contributed by atoms with Gasteiger partial charge in [0.2, 0.25) is 15.2 Å². The number of rotatable bonds is 4. The van der Waals surface area contributed by atoms with Gasteiger partial charge in [0.1, 0.15) is 11.6 Å². The van der Waals surface area contributed by atoms with Gasteiger partial charge in [-0.25, -0.2) is 22.3 Å². The molecule has 7 nitrogen and oxygen atoms in total. The number of benzene rings is 2. The van der Waals surface area contributed by atoms with Gasteiger partial charge in [-0.15, -0.1) is 10.2 Å². The Balaban J connectivity index is 1.85. The van der Waals surface area contributed by atoms with Crippen LogP contribution in [0.3, 0.4) is 0 Å². The Morgan fingerprint density at radius 1 is 1.03 bits per heavy atom. The number of sulfonamides is 1. The first-order chi connectivity index (χ1) is 13.9. The molecule has 14 heteroatoms. The molecule has 0 fully saturated rings. The fourth-order valence-electron chi connectivity index (χ4n) is 2.27. The number of nitrogens with one attached hydrogen (secondary N) is 1. The van der Waals surface area contributed by atoms with Gasteiger partial charge in [0, 0.05) is 5.56 Å². The Morgan fingerprint density at radius 3 is 2.33 bits per heavy atom. The van der Waals surface area contributed by atoms with Crippen LogP contribution in [-0.2, 0) is 16.2 Å². The molecule has 1 aromatic heterocycles. The predicted octanol–water partition coefficient (Wildman–Crippen LogP) is 3.40. The Bertz CT molecular complexity index is 1240. The van der Waals surface area contributed by atoms with Crippen LogP contribution in [0, 0.1) is 11.6 Å². The molecule has 0 radical (unpaired) electrons. The minimum absolute atomic E-state index is 0.143. The summed E-state index contributed by atoms with van der Waals surface area (Å²) in [6, 6.07) is 4.14. The summed E-state index contributed by atoms with van der Waals surface area (Å²) in [6.45, 7) is 0. The zero-order chi connectivity index (χ0) is 22.3. The first-order valence-corrected chi connectivity index (χ1v) is 10.1. The number of carbonyl (C=O) groups is 1. The van der Waals surface area contributed by atoms with E-state index in [1.165, 1.54) is 0 Å². The zero-order valence-electron chi connectivity index (χ0n) is 14.4. The second-order valence-corrected chi connectivity index (χ2v) is 8.28. The Labute approximate surface area is 169 Å². The molecule has 0 saturated carbocycles. The van der Waals surface area contributed by atoms with E-state index in [-0.39, 0.29) is 15.7 Å². The lowest BCUT2D eigenvalue weighted by Gasteiger charge is -2.07. The van der Waals surface area contributed by atoms with E-state index in [0.29, 0.717) is 23.5 Å². The van der Waals surface area contributed by atoms with Crippen LogP contribution < -0.4 is 10.5 Å². The Kier molecular flexibility index (Phi) is 5.58. The molecule has 0 bridgehead atoms. The molecule has 1 amide bonds. The minimum Gasteiger partial charge on any atom is -0.296 e. The summed E-state index contributed by atoms with van der Waals surface area (Å²) in [4.78, 5) is 11.7. The van der Waals surface area contributed by atoms with E-state index < -0.39 is 49.8 Å². The lowest BCUT2D eigenvalue weighted by Crippen LogP contribution is -2.17. The smallest absolute Gasteiger partial charge is 0.296 e. The van der Waals surface area contributed by atoms with E-state index >= 15 is 0 Å². The Morgan fingerprint density at radius 2 is 1.73 bits per heavy atom. The second kappa shape index (κ2) is 7.70. The maximum atomic E-state index is 14.0. The molecule has 0 aliphatic rings. The topological polar surface area (TPSA) is 115 Å². The molecule has 0 spiro atoms. The molecule has 0 unspecified atom stereocenters. The third kappa shape index (κ3) is 4.60. The SMILES string of the molecule is NS(=O)(=O)c1ccc(F)c(C(=O)Nc2nnc(-c3ccc(C(F)(F)F)cc3F)s2)c1. The molecule has 3 aromatic rings. The second-order valence-electron chi connectivity index (χ2n) is 5.75. The number of nitrogens with zero attached hydrogens (tertiary/aromatic N) is 2. The number of anilines is 1. The van der Waals surface area contributed by atoms with Crippen molar-refractivity contribution in [3.05, 3.63) is 59.2 Å². The van der Waals surface area contributed by atoms with E-state index in [1.807, 2.05) is 0 Å². The van der Waals surface area contributed by atoms with E-state index in [9.17, 15) is 35.2 Å². The molecule has 3 N–H and O–H groups in total. The van der Waals surface area contributed by atoms with Crippen molar-refractivity contribution < 1.29 is 35.2 Å². The molecular weight excluding hydrogens is 455 g/mol. The lowest BCUT2D eigenvalue weighted by atomic mass is 10.1. The van der Waals surface area contributed by atoms with E-state index in [4.69, 9.17) is 5.14 Å². The zero-order valence-corrected chi connectivity index (χ0v) is 16.0. The number of alkyl halides is 3. The average Bonchev–Trinajstić information content (AvgIpc) is 3.08. The molecule has 0 atom stereocenters. The fourth-order valence-corrected chi connectivity index (χ4v) is 3.57. The van der Waals surface area contributed by atoms with Crippen molar-refractivity contribution >= 4 is 32.4 Å². The predicted molar refractivity (Wildman–Crippen MR) is 96.0 cm³/mol. The van der Waals surface area contributed by atoms with Crippen molar-refractivity contribution in [3.63, 3.8) is 0 Å². The number of hydrogen-bond donors (Lipinski definition) is 2. The number of primary sulfonamides is 1. The van der Waals surface area contributed by atoms with Crippen molar-refractivity contribution in [2.45, 2.75) is 11.1 Å². The maximum Gasteiger partial charge on any atom is 0.416 e. The summed E-state index contributed by atoms with van der Waals surface area (Å²) in [5, 5.41) is 13.9. The van der Waals surface area contributed by atoms with E-state index in [0.717, 1.165) is 24.3 Å². The summed E-state index contributed by atoms with van der Waals surface area (Å²) >= 11 is 0.611.